The second-order valence-corrected chi connectivity index (χ2v) is 3.19. The number of halogens is 3. The molecule has 0 aliphatic carbocycles. The van der Waals surface area contributed by atoms with Crippen LogP contribution in [0.15, 0.2) is 12.1 Å². The third-order valence-electron chi connectivity index (χ3n) is 2.04. The number of benzene rings is 1. The van der Waals surface area contributed by atoms with Gasteiger partial charge in [-0.1, -0.05) is 0 Å². The molecule has 6 heteroatoms. The van der Waals surface area contributed by atoms with E-state index in [2.05, 4.69) is 4.74 Å². The van der Waals surface area contributed by atoms with Crippen LogP contribution in [-0.4, -0.2) is 12.9 Å². The van der Waals surface area contributed by atoms with E-state index < -0.39 is 23.1 Å². The summed E-state index contributed by atoms with van der Waals surface area (Å²) in [7, 11) is 1.22. The third kappa shape index (κ3) is 2.26. The number of anilines is 1. The van der Waals surface area contributed by atoms with Crippen molar-refractivity contribution in [1.82, 2.24) is 0 Å². The normalized spacial score (nSPS) is 11.3. The minimum atomic E-state index is -4.64. The van der Waals surface area contributed by atoms with Gasteiger partial charge in [-0.25, -0.2) is 0 Å². The Morgan fingerprint density at radius 1 is 1.38 bits per heavy atom. The highest BCUT2D eigenvalue weighted by Crippen LogP contribution is 2.37. The first kappa shape index (κ1) is 12.4. The van der Waals surface area contributed by atoms with Gasteiger partial charge in [-0.2, -0.15) is 13.2 Å². The van der Waals surface area contributed by atoms with Crippen LogP contribution in [0.2, 0.25) is 0 Å². The Labute approximate surface area is 90.0 Å². The number of hydrogen-bond acceptors (Lipinski definition) is 3. The van der Waals surface area contributed by atoms with Crippen molar-refractivity contribution in [2.75, 3.05) is 12.8 Å². The van der Waals surface area contributed by atoms with E-state index in [-0.39, 0.29) is 11.4 Å². The van der Waals surface area contributed by atoms with E-state index in [9.17, 15) is 18.0 Å². The Bertz CT molecular complexity index is 427. The van der Waals surface area contributed by atoms with E-state index in [4.69, 9.17) is 5.73 Å². The molecule has 0 aromatic heterocycles. The minimum absolute atomic E-state index is 0.0326. The summed E-state index contributed by atoms with van der Waals surface area (Å²) in [6.07, 6.45) is -4.64. The minimum Gasteiger partial charge on any atom is -0.497 e. The summed E-state index contributed by atoms with van der Waals surface area (Å²) in [5.74, 6) is -0.762. The van der Waals surface area contributed by atoms with E-state index >= 15 is 0 Å². The van der Waals surface area contributed by atoms with Crippen molar-refractivity contribution in [2.45, 2.75) is 13.1 Å². The quantitative estimate of drug-likeness (QED) is 0.630. The number of Topliss-reactive ketones (excluding diaryl/α,β-unsaturated/α-hetero) is 1. The summed E-state index contributed by atoms with van der Waals surface area (Å²) in [4.78, 5) is 11.1. The predicted octanol–water partition coefficient (Wildman–Crippen LogP) is 2.50. The van der Waals surface area contributed by atoms with Crippen LogP contribution in [0.4, 0.5) is 18.9 Å². The molecule has 0 radical (unpaired) electrons. The van der Waals surface area contributed by atoms with Crippen molar-refractivity contribution in [3.8, 4) is 5.75 Å². The van der Waals surface area contributed by atoms with Crippen molar-refractivity contribution < 1.29 is 22.7 Å². The SMILES string of the molecule is COc1cc(N)c(C(C)=O)c(C(F)(F)F)c1. The fourth-order valence-electron chi connectivity index (χ4n) is 1.37. The Morgan fingerprint density at radius 2 is 1.94 bits per heavy atom. The van der Waals surface area contributed by atoms with Crippen LogP contribution >= 0.6 is 0 Å². The lowest BCUT2D eigenvalue weighted by Crippen LogP contribution is -2.14. The van der Waals surface area contributed by atoms with Gasteiger partial charge in [0.15, 0.2) is 5.78 Å². The molecule has 0 saturated heterocycles. The highest BCUT2D eigenvalue weighted by molar-refractivity contribution is 6.01. The Balaban J connectivity index is 3.53. The van der Waals surface area contributed by atoms with Crippen molar-refractivity contribution in [1.29, 1.82) is 0 Å². The number of hydrogen-bond donors (Lipinski definition) is 1. The summed E-state index contributed by atoms with van der Waals surface area (Å²) < 4.78 is 42.6. The number of nitrogens with two attached hydrogens (primary N) is 1. The first-order chi connectivity index (χ1) is 7.27. The second-order valence-electron chi connectivity index (χ2n) is 3.19. The van der Waals surface area contributed by atoms with Gasteiger partial charge in [0.25, 0.3) is 0 Å². The van der Waals surface area contributed by atoms with Crippen molar-refractivity contribution in [3.05, 3.63) is 23.3 Å². The summed E-state index contributed by atoms with van der Waals surface area (Å²) in [6, 6.07) is 1.94. The number of alkyl halides is 3. The molecule has 0 heterocycles. The average molecular weight is 233 g/mol. The van der Waals surface area contributed by atoms with E-state index in [1.807, 2.05) is 0 Å². The van der Waals surface area contributed by atoms with Gasteiger partial charge >= 0.3 is 6.18 Å². The molecule has 1 aromatic carbocycles. The molecule has 88 valence electrons. The lowest BCUT2D eigenvalue weighted by atomic mass is 10.0. The van der Waals surface area contributed by atoms with E-state index in [1.165, 1.54) is 13.2 Å². The number of rotatable bonds is 2. The van der Waals surface area contributed by atoms with Gasteiger partial charge in [-0.3, -0.25) is 4.79 Å². The van der Waals surface area contributed by atoms with Gasteiger partial charge in [0, 0.05) is 11.8 Å². The second kappa shape index (κ2) is 4.03. The first-order valence-electron chi connectivity index (χ1n) is 4.33. The molecule has 0 fully saturated rings. The molecular formula is C10H10F3NO2. The van der Waals surface area contributed by atoms with Gasteiger partial charge in [0.1, 0.15) is 5.75 Å². The topological polar surface area (TPSA) is 52.3 Å². The van der Waals surface area contributed by atoms with Gasteiger partial charge in [0.05, 0.1) is 18.2 Å². The van der Waals surface area contributed by atoms with Crippen LogP contribution in [0.5, 0.6) is 5.75 Å². The van der Waals surface area contributed by atoms with Crippen molar-refractivity contribution in [3.63, 3.8) is 0 Å². The lowest BCUT2D eigenvalue weighted by molar-refractivity contribution is -0.138. The molecule has 0 bridgehead atoms. The molecule has 1 rings (SSSR count). The average Bonchev–Trinajstić information content (AvgIpc) is 2.14. The fraction of sp³-hybridized carbons (Fsp3) is 0.300. The maximum absolute atomic E-state index is 12.6. The molecule has 0 amide bonds. The van der Waals surface area contributed by atoms with Crippen LogP contribution in [-0.2, 0) is 6.18 Å². The van der Waals surface area contributed by atoms with Crippen LogP contribution in [0, 0.1) is 0 Å². The molecule has 0 unspecified atom stereocenters. The highest BCUT2D eigenvalue weighted by atomic mass is 19.4. The first-order valence-corrected chi connectivity index (χ1v) is 4.33. The molecule has 16 heavy (non-hydrogen) atoms. The molecule has 0 aliphatic heterocycles. The molecule has 2 N–H and O–H groups in total. The summed E-state index contributed by atoms with van der Waals surface area (Å²) >= 11 is 0. The maximum atomic E-state index is 12.6. The molecule has 1 aromatic rings. The fourth-order valence-corrected chi connectivity index (χ4v) is 1.37. The van der Waals surface area contributed by atoms with Gasteiger partial charge < -0.3 is 10.5 Å². The smallest absolute Gasteiger partial charge is 0.417 e. The molecule has 0 spiro atoms. The van der Waals surface area contributed by atoms with Crippen LogP contribution in [0.1, 0.15) is 22.8 Å². The third-order valence-corrected chi connectivity index (χ3v) is 2.04. The predicted molar refractivity (Wildman–Crippen MR) is 52.4 cm³/mol. The molecule has 3 nitrogen and oxygen atoms in total. The number of ether oxygens (including phenoxy) is 1. The van der Waals surface area contributed by atoms with E-state index in [0.717, 1.165) is 13.0 Å². The number of ketones is 1. The zero-order valence-electron chi connectivity index (χ0n) is 8.68. The maximum Gasteiger partial charge on any atom is 0.417 e. The standard InChI is InChI=1S/C10H10F3NO2/c1-5(15)9-7(10(11,12)13)3-6(16-2)4-8(9)14/h3-4H,14H2,1-2H3. The van der Waals surface area contributed by atoms with E-state index in [1.54, 1.807) is 0 Å². The summed E-state index contributed by atoms with van der Waals surface area (Å²) in [5, 5.41) is 0. The number of carbonyl (C=O) groups excluding carboxylic acids is 1. The van der Waals surface area contributed by atoms with Gasteiger partial charge in [-0.15, -0.1) is 0 Å². The van der Waals surface area contributed by atoms with Crippen LogP contribution in [0.3, 0.4) is 0 Å². The number of nitrogen functional groups attached to an aromatic ring is 1. The Kier molecular flexibility index (Phi) is 3.11. The molecule has 0 aliphatic rings. The number of methoxy groups -OCH3 is 1. The molecular weight excluding hydrogens is 223 g/mol. The highest BCUT2D eigenvalue weighted by Gasteiger charge is 2.36. The van der Waals surface area contributed by atoms with Gasteiger partial charge in [-0.05, 0) is 13.0 Å². The van der Waals surface area contributed by atoms with Gasteiger partial charge in [0.2, 0.25) is 0 Å². The van der Waals surface area contributed by atoms with Crippen molar-refractivity contribution >= 4 is 11.5 Å². The van der Waals surface area contributed by atoms with Crippen LogP contribution < -0.4 is 10.5 Å². The molecule has 0 atom stereocenters. The summed E-state index contributed by atoms with van der Waals surface area (Å²) in [6.45, 7) is 1.04. The zero-order valence-corrected chi connectivity index (χ0v) is 8.68. The zero-order chi connectivity index (χ0) is 12.5. The summed E-state index contributed by atoms with van der Waals surface area (Å²) in [5.41, 5.74) is 3.57. The Morgan fingerprint density at radius 3 is 2.31 bits per heavy atom. The Hall–Kier alpha value is -1.72. The lowest BCUT2D eigenvalue weighted by Gasteiger charge is -2.14. The monoisotopic (exact) mass is 233 g/mol. The molecule has 0 saturated carbocycles. The van der Waals surface area contributed by atoms with Crippen molar-refractivity contribution in [2.24, 2.45) is 0 Å². The van der Waals surface area contributed by atoms with E-state index in [0.29, 0.717) is 0 Å². The van der Waals surface area contributed by atoms with Crippen LogP contribution in [0.25, 0.3) is 0 Å². The largest absolute Gasteiger partial charge is 0.497 e. The number of carbonyl (C=O) groups is 1.